The minimum absolute atomic E-state index is 0.316. The van der Waals surface area contributed by atoms with Crippen LogP contribution in [-0.4, -0.2) is 15.6 Å². The molecule has 0 unspecified atom stereocenters. The van der Waals surface area contributed by atoms with Crippen molar-refractivity contribution in [3.8, 4) is 5.69 Å². The molecule has 0 aliphatic heterocycles. The Morgan fingerprint density at radius 2 is 1.93 bits per heavy atom. The predicted molar refractivity (Wildman–Crippen MR) is 57.5 cm³/mol. The Hall–Kier alpha value is -2.03. The minimum atomic E-state index is -0.904. The van der Waals surface area contributed by atoms with Crippen molar-refractivity contribution in [3.05, 3.63) is 53.9 Å². The van der Waals surface area contributed by atoms with E-state index in [4.69, 9.17) is 5.11 Å². The topological polar surface area (TPSA) is 42.2 Å². The maximum atomic E-state index is 11.0. The quantitative estimate of drug-likeness (QED) is 0.811. The van der Waals surface area contributed by atoms with Gasteiger partial charge in [-0.1, -0.05) is 12.1 Å². The van der Waals surface area contributed by atoms with Gasteiger partial charge in [-0.05, 0) is 31.2 Å². The van der Waals surface area contributed by atoms with Gasteiger partial charge in [-0.25, -0.2) is 4.79 Å². The summed E-state index contributed by atoms with van der Waals surface area (Å²) in [6.07, 6.45) is 1.86. The number of aromatic carboxylic acids is 1. The molecule has 15 heavy (non-hydrogen) atoms. The molecule has 1 N–H and O–H groups in total. The van der Waals surface area contributed by atoms with Crippen LogP contribution in [0.5, 0.6) is 0 Å². The summed E-state index contributed by atoms with van der Waals surface area (Å²) in [5.74, 6) is -0.904. The molecular formula is C12H11NO2. The predicted octanol–water partition coefficient (Wildman–Crippen LogP) is 2.48. The first-order valence-corrected chi connectivity index (χ1v) is 4.67. The van der Waals surface area contributed by atoms with E-state index in [9.17, 15) is 4.79 Å². The Bertz CT molecular complexity index is 500. The van der Waals surface area contributed by atoms with Crippen LogP contribution in [0.15, 0.2) is 42.6 Å². The first-order chi connectivity index (χ1) is 7.20. The number of carbonyl (C=O) groups is 1. The number of nitrogens with zero attached hydrogens (tertiary/aromatic N) is 1. The van der Waals surface area contributed by atoms with Gasteiger partial charge in [-0.15, -0.1) is 0 Å². The largest absolute Gasteiger partial charge is 0.478 e. The standard InChI is InChI=1S/C12H11NO2/c1-9-5-4-8-13(9)11-7-3-2-6-10(11)12(14)15/h2-8H,1H3,(H,14,15). The summed E-state index contributed by atoms with van der Waals surface area (Å²) in [5, 5.41) is 9.04. The molecule has 1 heterocycles. The third kappa shape index (κ3) is 1.64. The second-order valence-corrected chi connectivity index (χ2v) is 3.34. The van der Waals surface area contributed by atoms with Crippen LogP contribution < -0.4 is 0 Å². The van der Waals surface area contributed by atoms with Crippen molar-refractivity contribution in [1.29, 1.82) is 0 Å². The van der Waals surface area contributed by atoms with Crippen molar-refractivity contribution in [3.63, 3.8) is 0 Å². The number of rotatable bonds is 2. The molecule has 0 aliphatic carbocycles. The van der Waals surface area contributed by atoms with Crippen molar-refractivity contribution in [2.45, 2.75) is 6.92 Å². The second kappa shape index (κ2) is 3.61. The third-order valence-corrected chi connectivity index (χ3v) is 2.35. The van der Waals surface area contributed by atoms with Gasteiger partial charge >= 0.3 is 5.97 Å². The second-order valence-electron chi connectivity index (χ2n) is 3.34. The zero-order valence-corrected chi connectivity index (χ0v) is 8.34. The summed E-state index contributed by atoms with van der Waals surface area (Å²) in [4.78, 5) is 11.0. The van der Waals surface area contributed by atoms with Crippen LogP contribution in [0.3, 0.4) is 0 Å². The Kier molecular flexibility index (Phi) is 2.29. The van der Waals surface area contributed by atoms with Gasteiger partial charge in [0.25, 0.3) is 0 Å². The first kappa shape index (κ1) is 9.52. The number of benzene rings is 1. The van der Waals surface area contributed by atoms with Crippen LogP contribution >= 0.6 is 0 Å². The Morgan fingerprint density at radius 1 is 1.20 bits per heavy atom. The van der Waals surface area contributed by atoms with Crippen LogP contribution in [0.25, 0.3) is 5.69 Å². The molecule has 1 aromatic carbocycles. The maximum absolute atomic E-state index is 11.0. The molecule has 76 valence electrons. The van der Waals surface area contributed by atoms with Crippen LogP contribution in [0.2, 0.25) is 0 Å². The lowest BCUT2D eigenvalue weighted by molar-refractivity contribution is 0.0697. The van der Waals surface area contributed by atoms with Crippen LogP contribution in [0.1, 0.15) is 16.1 Å². The molecule has 1 aromatic heterocycles. The van der Waals surface area contributed by atoms with Gasteiger partial charge in [0.1, 0.15) is 0 Å². The van der Waals surface area contributed by atoms with E-state index in [1.165, 1.54) is 0 Å². The van der Waals surface area contributed by atoms with Crippen molar-refractivity contribution >= 4 is 5.97 Å². The van der Waals surface area contributed by atoms with Crippen molar-refractivity contribution in [1.82, 2.24) is 4.57 Å². The van der Waals surface area contributed by atoms with E-state index in [1.54, 1.807) is 18.2 Å². The number of para-hydroxylation sites is 1. The average Bonchev–Trinajstić information content (AvgIpc) is 2.64. The van der Waals surface area contributed by atoms with E-state index in [2.05, 4.69) is 0 Å². The zero-order valence-electron chi connectivity index (χ0n) is 8.34. The van der Waals surface area contributed by atoms with Gasteiger partial charge in [0.2, 0.25) is 0 Å². The van der Waals surface area contributed by atoms with E-state index < -0.39 is 5.97 Å². The van der Waals surface area contributed by atoms with Crippen LogP contribution in [0.4, 0.5) is 0 Å². The highest BCUT2D eigenvalue weighted by atomic mass is 16.4. The molecule has 3 nitrogen and oxygen atoms in total. The first-order valence-electron chi connectivity index (χ1n) is 4.67. The highest BCUT2D eigenvalue weighted by Gasteiger charge is 2.10. The smallest absolute Gasteiger partial charge is 0.337 e. The molecule has 0 atom stereocenters. The summed E-state index contributed by atoms with van der Waals surface area (Å²) in [7, 11) is 0. The Morgan fingerprint density at radius 3 is 2.53 bits per heavy atom. The van der Waals surface area contributed by atoms with Crippen LogP contribution in [0, 0.1) is 6.92 Å². The lowest BCUT2D eigenvalue weighted by Gasteiger charge is -2.09. The summed E-state index contributed by atoms with van der Waals surface area (Å²) in [5.41, 5.74) is 2.04. The zero-order chi connectivity index (χ0) is 10.8. The van der Waals surface area contributed by atoms with Gasteiger partial charge in [-0.3, -0.25) is 0 Å². The van der Waals surface area contributed by atoms with Crippen molar-refractivity contribution in [2.24, 2.45) is 0 Å². The average molecular weight is 201 g/mol. The molecule has 0 amide bonds. The monoisotopic (exact) mass is 201 g/mol. The minimum Gasteiger partial charge on any atom is -0.478 e. The lowest BCUT2D eigenvalue weighted by atomic mass is 10.2. The third-order valence-electron chi connectivity index (χ3n) is 2.35. The van der Waals surface area contributed by atoms with E-state index in [0.717, 1.165) is 5.69 Å². The number of aromatic nitrogens is 1. The maximum Gasteiger partial charge on any atom is 0.337 e. The molecule has 2 aromatic rings. The molecule has 3 heteroatoms. The Labute approximate surface area is 87.6 Å². The van der Waals surface area contributed by atoms with Crippen molar-refractivity contribution in [2.75, 3.05) is 0 Å². The number of hydrogen-bond donors (Lipinski definition) is 1. The lowest BCUT2D eigenvalue weighted by Crippen LogP contribution is -2.05. The fourth-order valence-corrected chi connectivity index (χ4v) is 1.60. The summed E-state index contributed by atoms with van der Waals surface area (Å²) < 4.78 is 1.86. The molecule has 0 fully saturated rings. The molecule has 0 saturated heterocycles. The van der Waals surface area contributed by atoms with E-state index in [-0.39, 0.29) is 0 Å². The van der Waals surface area contributed by atoms with Crippen LogP contribution in [-0.2, 0) is 0 Å². The highest BCUT2D eigenvalue weighted by molar-refractivity contribution is 5.91. The summed E-state index contributed by atoms with van der Waals surface area (Å²) in [6, 6.07) is 10.8. The van der Waals surface area contributed by atoms with Gasteiger partial charge in [0.05, 0.1) is 11.3 Å². The number of aryl methyl sites for hydroxylation is 1. The SMILES string of the molecule is Cc1cccn1-c1ccccc1C(=O)O. The highest BCUT2D eigenvalue weighted by Crippen LogP contribution is 2.16. The molecule has 0 saturated carbocycles. The van der Waals surface area contributed by atoms with E-state index in [0.29, 0.717) is 11.3 Å². The molecule has 0 bridgehead atoms. The molecular weight excluding hydrogens is 190 g/mol. The van der Waals surface area contributed by atoms with Gasteiger partial charge < -0.3 is 9.67 Å². The molecule has 0 aliphatic rings. The van der Waals surface area contributed by atoms with Gasteiger partial charge in [0.15, 0.2) is 0 Å². The van der Waals surface area contributed by atoms with Crippen molar-refractivity contribution < 1.29 is 9.90 Å². The fourth-order valence-electron chi connectivity index (χ4n) is 1.60. The normalized spacial score (nSPS) is 10.2. The number of carboxylic acid groups (broad SMARTS) is 1. The molecule has 0 radical (unpaired) electrons. The summed E-state index contributed by atoms with van der Waals surface area (Å²) in [6.45, 7) is 1.94. The van der Waals surface area contributed by atoms with E-state index >= 15 is 0 Å². The number of hydrogen-bond acceptors (Lipinski definition) is 1. The number of carboxylic acids is 1. The molecule has 0 spiro atoms. The Balaban J connectivity index is 2.63. The molecule has 2 rings (SSSR count). The van der Waals surface area contributed by atoms with E-state index in [1.807, 2.05) is 35.9 Å². The summed E-state index contributed by atoms with van der Waals surface area (Å²) >= 11 is 0. The van der Waals surface area contributed by atoms with Gasteiger partial charge in [-0.2, -0.15) is 0 Å². The fraction of sp³-hybridized carbons (Fsp3) is 0.0833. The van der Waals surface area contributed by atoms with Gasteiger partial charge in [0, 0.05) is 11.9 Å².